The van der Waals surface area contributed by atoms with E-state index in [-0.39, 0.29) is 5.56 Å². The van der Waals surface area contributed by atoms with E-state index >= 15 is 0 Å². The van der Waals surface area contributed by atoms with Gasteiger partial charge in [0.1, 0.15) is 5.56 Å². The molecule has 0 bridgehead atoms. The molecule has 0 fully saturated rings. The van der Waals surface area contributed by atoms with Crippen LogP contribution in [0.15, 0.2) is 34.0 Å². The zero-order valence-corrected chi connectivity index (χ0v) is 13.1. The highest BCUT2D eigenvalue weighted by atomic mass is 16.2. The van der Waals surface area contributed by atoms with Crippen LogP contribution in [0.2, 0.25) is 0 Å². The molecule has 0 aliphatic heterocycles. The van der Waals surface area contributed by atoms with Crippen LogP contribution in [0.5, 0.6) is 0 Å². The summed E-state index contributed by atoms with van der Waals surface area (Å²) in [4.78, 5) is 36.2. The number of rotatable bonds is 3. The second-order valence-corrected chi connectivity index (χ2v) is 5.22. The highest BCUT2D eigenvalue weighted by Gasteiger charge is 2.16. The first kappa shape index (κ1) is 15.8. The Labute approximate surface area is 128 Å². The molecule has 2 rings (SSSR count). The lowest BCUT2D eigenvalue weighted by molar-refractivity contribution is 0.102. The molecule has 1 aromatic carbocycles. The minimum Gasteiger partial charge on any atom is -0.321 e. The molecule has 0 aliphatic carbocycles. The highest BCUT2D eigenvalue weighted by Crippen LogP contribution is 2.21. The summed E-state index contributed by atoms with van der Waals surface area (Å²) in [6, 6.07) is 5.75. The van der Waals surface area contributed by atoms with Gasteiger partial charge in [-0.1, -0.05) is 25.1 Å². The predicted octanol–water partition coefficient (Wildman–Crippen LogP) is 1.21. The van der Waals surface area contributed by atoms with Crippen LogP contribution in [0.3, 0.4) is 0 Å². The van der Waals surface area contributed by atoms with Crippen LogP contribution in [0.25, 0.3) is 0 Å². The number of benzene rings is 1. The molecule has 0 unspecified atom stereocenters. The monoisotopic (exact) mass is 301 g/mol. The van der Waals surface area contributed by atoms with Crippen LogP contribution in [0, 0.1) is 6.92 Å². The van der Waals surface area contributed by atoms with Crippen LogP contribution in [0.1, 0.15) is 28.4 Å². The standard InChI is InChI=1S/C16H19N3O3/c1-5-11-8-6-7-10(2)13(11)17-14(20)12-9-18(3)16(22)19(4)15(12)21/h6-9H,5H2,1-4H3,(H,17,20). The number of anilines is 1. The van der Waals surface area contributed by atoms with Gasteiger partial charge in [-0.2, -0.15) is 0 Å². The lowest BCUT2D eigenvalue weighted by atomic mass is 10.1. The quantitative estimate of drug-likeness (QED) is 0.926. The van der Waals surface area contributed by atoms with E-state index in [9.17, 15) is 14.4 Å². The molecular formula is C16H19N3O3. The average Bonchev–Trinajstić information content (AvgIpc) is 2.50. The highest BCUT2D eigenvalue weighted by molar-refractivity contribution is 6.04. The van der Waals surface area contributed by atoms with E-state index in [0.717, 1.165) is 22.1 Å². The summed E-state index contributed by atoms with van der Waals surface area (Å²) >= 11 is 0. The van der Waals surface area contributed by atoms with Gasteiger partial charge in [-0.05, 0) is 24.5 Å². The van der Waals surface area contributed by atoms with Gasteiger partial charge in [0, 0.05) is 26.0 Å². The normalized spacial score (nSPS) is 10.5. The van der Waals surface area contributed by atoms with Crippen molar-refractivity contribution in [2.24, 2.45) is 14.1 Å². The van der Waals surface area contributed by atoms with E-state index in [1.807, 2.05) is 32.0 Å². The minimum absolute atomic E-state index is 0.0603. The van der Waals surface area contributed by atoms with Crippen molar-refractivity contribution in [3.8, 4) is 0 Å². The molecule has 116 valence electrons. The summed E-state index contributed by atoms with van der Waals surface area (Å²) < 4.78 is 2.14. The second kappa shape index (κ2) is 6.01. The van der Waals surface area contributed by atoms with Crippen molar-refractivity contribution >= 4 is 11.6 Å². The van der Waals surface area contributed by atoms with Crippen LogP contribution in [-0.4, -0.2) is 15.0 Å². The smallest absolute Gasteiger partial charge is 0.321 e. The maximum atomic E-state index is 12.4. The third-order valence-corrected chi connectivity index (χ3v) is 3.67. The SMILES string of the molecule is CCc1cccc(C)c1NC(=O)c1cn(C)c(=O)n(C)c1=O. The van der Waals surface area contributed by atoms with E-state index in [2.05, 4.69) is 5.32 Å². The van der Waals surface area contributed by atoms with Gasteiger partial charge in [-0.15, -0.1) is 0 Å². The predicted molar refractivity (Wildman–Crippen MR) is 85.4 cm³/mol. The molecular weight excluding hydrogens is 282 g/mol. The van der Waals surface area contributed by atoms with E-state index in [0.29, 0.717) is 5.69 Å². The Kier molecular flexibility index (Phi) is 4.30. The Morgan fingerprint density at radius 2 is 1.91 bits per heavy atom. The van der Waals surface area contributed by atoms with Gasteiger partial charge in [0.15, 0.2) is 0 Å². The molecule has 1 aromatic heterocycles. The first-order valence-corrected chi connectivity index (χ1v) is 7.03. The fourth-order valence-electron chi connectivity index (χ4n) is 2.35. The molecule has 0 saturated carbocycles. The van der Waals surface area contributed by atoms with Crippen molar-refractivity contribution in [3.63, 3.8) is 0 Å². The number of hydrogen-bond acceptors (Lipinski definition) is 3. The summed E-state index contributed by atoms with van der Waals surface area (Å²) in [5, 5.41) is 2.79. The van der Waals surface area contributed by atoms with Gasteiger partial charge in [-0.25, -0.2) is 4.79 Å². The number of carbonyl (C=O) groups excluding carboxylic acids is 1. The molecule has 2 aromatic rings. The molecule has 1 heterocycles. The molecule has 0 aliphatic rings. The number of amides is 1. The Morgan fingerprint density at radius 1 is 1.23 bits per heavy atom. The van der Waals surface area contributed by atoms with E-state index in [1.165, 1.54) is 24.9 Å². The molecule has 0 spiro atoms. The number of carbonyl (C=O) groups is 1. The summed E-state index contributed by atoms with van der Waals surface area (Å²) in [7, 11) is 2.86. The van der Waals surface area contributed by atoms with Gasteiger partial charge < -0.3 is 9.88 Å². The lowest BCUT2D eigenvalue weighted by Crippen LogP contribution is -2.40. The maximum absolute atomic E-state index is 12.4. The number of aryl methyl sites for hydroxylation is 3. The molecule has 0 saturated heterocycles. The largest absolute Gasteiger partial charge is 0.330 e. The van der Waals surface area contributed by atoms with Crippen LogP contribution >= 0.6 is 0 Å². The minimum atomic E-state index is -0.604. The Hall–Kier alpha value is -2.63. The van der Waals surface area contributed by atoms with Gasteiger partial charge in [0.2, 0.25) is 0 Å². The van der Waals surface area contributed by atoms with Gasteiger partial charge in [0.25, 0.3) is 11.5 Å². The van der Waals surface area contributed by atoms with Gasteiger partial charge in [-0.3, -0.25) is 14.2 Å². The topological polar surface area (TPSA) is 73.1 Å². The average molecular weight is 301 g/mol. The Bertz CT molecular complexity index is 847. The van der Waals surface area contributed by atoms with Gasteiger partial charge >= 0.3 is 5.69 Å². The molecule has 0 radical (unpaired) electrons. The zero-order valence-electron chi connectivity index (χ0n) is 13.1. The summed E-state index contributed by atoms with van der Waals surface area (Å²) in [5.41, 5.74) is 1.50. The number of nitrogens with zero attached hydrogens (tertiary/aromatic N) is 2. The Morgan fingerprint density at radius 3 is 2.55 bits per heavy atom. The molecule has 22 heavy (non-hydrogen) atoms. The molecule has 1 amide bonds. The van der Waals surface area contributed by atoms with Crippen molar-refractivity contribution in [2.75, 3.05) is 5.32 Å². The summed E-state index contributed by atoms with van der Waals surface area (Å²) in [6.45, 7) is 3.89. The zero-order chi connectivity index (χ0) is 16.4. The van der Waals surface area contributed by atoms with E-state index < -0.39 is 17.2 Å². The van der Waals surface area contributed by atoms with Crippen LogP contribution in [0.4, 0.5) is 5.69 Å². The Balaban J connectivity index is 2.48. The molecule has 0 atom stereocenters. The van der Waals surface area contributed by atoms with E-state index in [4.69, 9.17) is 0 Å². The summed E-state index contributed by atoms with van der Waals surface area (Å²) in [6.07, 6.45) is 2.03. The number of aromatic nitrogens is 2. The van der Waals surface area contributed by atoms with Crippen LogP contribution < -0.4 is 16.6 Å². The van der Waals surface area contributed by atoms with Crippen molar-refractivity contribution in [3.05, 3.63) is 61.9 Å². The summed E-state index contributed by atoms with van der Waals surface area (Å²) in [5.74, 6) is -0.514. The fraction of sp³-hybridized carbons (Fsp3) is 0.312. The maximum Gasteiger partial charge on any atom is 0.330 e. The van der Waals surface area contributed by atoms with Crippen molar-refractivity contribution in [2.45, 2.75) is 20.3 Å². The third kappa shape index (κ3) is 2.72. The van der Waals surface area contributed by atoms with Crippen molar-refractivity contribution in [1.82, 2.24) is 9.13 Å². The molecule has 6 nitrogen and oxygen atoms in total. The van der Waals surface area contributed by atoms with Gasteiger partial charge in [0.05, 0.1) is 0 Å². The van der Waals surface area contributed by atoms with Crippen LogP contribution in [-0.2, 0) is 20.5 Å². The first-order chi connectivity index (χ1) is 10.4. The number of hydrogen-bond donors (Lipinski definition) is 1. The number of para-hydroxylation sites is 1. The lowest BCUT2D eigenvalue weighted by Gasteiger charge is -2.13. The van der Waals surface area contributed by atoms with Crippen molar-refractivity contribution < 1.29 is 4.79 Å². The van der Waals surface area contributed by atoms with E-state index in [1.54, 1.807) is 0 Å². The number of nitrogens with one attached hydrogen (secondary N) is 1. The molecule has 6 heteroatoms. The van der Waals surface area contributed by atoms with Crippen molar-refractivity contribution in [1.29, 1.82) is 0 Å². The fourth-order valence-corrected chi connectivity index (χ4v) is 2.35. The molecule has 1 N–H and O–H groups in total. The third-order valence-electron chi connectivity index (χ3n) is 3.67. The second-order valence-electron chi connectivity index (χ2n) is 5.22. The first-order valence-electron chi connectivity index (χ1n) is 7.03.